The number of methoxy groups -OCH3 is 1. The smallest absolute Gasteiger partial charge is 0.408 e. The maximum atomic E-state index is 13.8. The van der Waals surface area contributed by atoms with Gasteiger partial charge >= 0.3 is 6.09 Å². The van der Waals surface area contributed by atoms with Crippen LogP contribution in [-0.2, 0) is 14.3 Å². The van der Waals surface area contributed by atoms with Crippen LogP contribution in [0.4, 0.5) is 10.5 Å². The Morgan fingerprint density at radius 1 is 1.05 bits per heavy atom. The van der Waals surface area contributed by atoms with Crippen LogP contribution in [0, 0.1) is 13.8 Å². The number of ether oxygens (including phenoxy) is 2. The third kappa shape index (κ3) is 8.40. The highest BCUT2D eigenvalue weighted by Gasteiger charge is 2.37. The van der Waals surface area contributed by atoms with E-state index in [1.54, 1.807) is 52.1 Å². The minimum Gasteiger partial charge on any atom is -0.497 e. The molecule has 2 rings (SSSR count). The van der Waals surface area contributed by atoms with E-state index >= 15 is 0 Å². The topological polar surface area (TPSA) is 117 Å². The fraction of sp³-hybridized carbons (Fsp3) is 0.444. The van der Waals surface area contributed by atoms with Gasteiger partial charge in [0.05, 0.1) is 13.7 Å². The number of benzene rings is 2. The summed E-state index contributed by atoms with van der Waals surface area (Å²) in [6.07, 6.45) is -0.782. The molecule has 0 bridgehead atoms. The summed E-state index contributed by atoms with van der Waals surface area (Å²) in [5, 5.41) is 15.3. The van der Waals surface area contributed by atoms with Crippen molar-refractivity contribution in [2.75, 3.05) is 31.3 Å². The second-order valence-corrected chi connectivity index (χ2v) is 9.93. The maximum absolute atomic E-state index is 13.8. The number of carbonyl (C=O) groups is 3. The van der Waals surface area contributed by atoms with Gasteiger partial charge in [0.15, 0.2) is 0 Å². The molecule has 2 aromatic rings. The molecule has 0 spiro atoms. The average molecular weight is 532 g/mol. The van der Waals surface area contributed by atoms with Gasteiger partial charge in [-0.2, -0.15) is 12.6 Å². The van der Waals surface area contributed by atoms with Crippen molar-refractivity contribution >= 4 is 36.2 Å². The zero-order valence-corrected chi connectivity index (χ0v) is 23.1. The fourth-order valence-electron chi connectivity index (χ4n) is 3.88. The summed E-state index contributed by atoms with van der Waals surface area (Å²) >= 11 is 4.26. The van der Waals surface area contributed by atoms with Crippen LogP contribution in [0.3, 0.4) is 0 Å². The molecule has 10 heteroatoms. The lowest BCUT2D eigenvalue weighted by atomic mass is 9.93. The number of hydrogen-bond acceptors (Lipinski definition) is 7. The van der Waals surface area contributed by atoms with E-state index in [1.807, 2.05) is 32.0 Å². The Bertz CT molecular complexity index is 1060. The van der Waals surface area contributed by atoms with Gasteiger partial charge in [0.2, 0.25) is 5.91 Å². The zero-order valence-electron chi connectivity index (χ0n) is 22.2. The first-order valence-electron chi connectivity index (χ1n) is 11.9. The van der Waals surface area contributed by atoms with E-state index in [0.717, 1.165) is 11.1 Å². The third-order valence-corrected chi connectivity index (χ3v) is 5.89. The number of aryl methyl sites for hydroxylation is 2. The summed E-state index contributed by atoms with van der Waals surface area (Å²) in [6.45, 7) is 8.30. The molecule has 0 saturated carbocycles. The molecule has 2 atom stereocenters. The van der Waals surface area contributed by atoms with Crippen molar-refractivity contribution in [2.24, 2.45) is 0 Å². The molecule has 2 aromatic carbocycles. The number of rotatable bonds is 10. The van der Waals surface area contributed by atoms with Crippen LogP contribution in [0.5, 0.6) is 5.75 Å². The molecule has 0 aromatic heterocycles. The first-order chi connectivity index (χ1) is 17.4. The maximum Gasteiger partial charge on any atom is 0.408 e. The first kappa shape index (κ1) is 30.0. The minimum absolute atomic E-state index is 0.0421. The molecular formula is C27H37N3O6S. The van der Waals surface area contributed by atoms with Gasteiger partial charge in [0.1, 0.15) is 23.4 Å². The van der Waals surface area contributed by atoms with Crippen molar-refractivity contribution in [3.8, 4) is 5.75 Å². The number of amides is 3. The quantitative estimate of drug-likeness (QED) is 0.348. The van der Waals surface area contributed by atoms with E-state index in [-0.39, 0.29) is 12.3 Å². The lowest BCUT2D eigenvalue weighted by Crippen LogP contribution is -2.54. The average Bonchev–Trinajstić information content (AvgIpc) is 2.82. The molecule has 0 aliphatic rings. The third-order valence-electron chi connectivity index (χ3n) is 5.53. The Morgan fingerprint density at radius 2 is 1.65 bits per heavy atom. The lowest BCUT2D eigenvalue weighted by Gasteiger charge is -2.35. The highest BCUT2D eigenvalue weighted by Crippen LogP contribution is 2.30. The highest BCUT2D eigenvalue weighted by atomic mass is 32.1. The second-order valence-electron chi connectivity index (χ2n) is 9.56. The van der Waals surface area contributed by atoms with Crippen molar-refractivity contribution < 1.29 is 29.0 Å². The Balaban J connectivity index is 2.49. The molecule has 3 amide bonds. The summed E-state index contributed by atoms with van der Waals surface area (Å²) in [5.41, 5.74) is 1.97. The van der Waals surface area contributed by atoms with Gasteiger partial charge in [-0.1, -0.05) is 18.2 Å². The van der Waals surface area contributed by atoms with Gasteiger partial charge in [-0.15, -0.1) is 0 Å². The van der Waals surface area contributed by atoms with Gasteiger partial charge < -0.3 is 30.1 Å². The van der Waals surface area contributed by atoms with Crippen LogP contribution in [0.2, 0.25) is 0 Å². The molecular weight excluding hydrogens is 494 g/mol. The lowest BCUT2D eigenvalue weighted by molar-refractivity contribution is -0.140. The number of nitrogens with zero attached hydrogens (tertiary/aromatic N) is 1. The molecule has 0 aliphatic carbocycles. The fourth-order valence-corrected chi connectivity index (χ4v) is 4.13. The van der Waals surface area contributed by atoms with E-state index in [9.17, 15) is 19.5 Å². The molecule has 0 saturated heterocycles. The predicted octanol–water partition coefficient (Wildman–Crippen LogP) is 3.64. The normalized spacial score (nSPS) is 12.8. The molecule has 37 heavy (non-hydrogen) atoms. The molecule has 0 aliphatic heterocycles. The monoisotopic (exact) mass is 531 g/mol. The number of alkyl carbamates (subject to hydrolysis) is 1. The van der Waals surface area contributed by atoms with Gasteiger partial charge in [-0.3, -0.25) is 9.59 Å². The van der Waals surface area contributed by atoms with E-state index < -0.39 is 42.2 Å². The van der Waals surface area contributed by atoms with Crippen LogP contribution in [0.25, 0.3) is 0 Å². The first-order valence-corrected chi connectivity index (χ1v) is 12.6. The van der Waals surface area contributed by atoms with Crippen LogP contribution in [0.15, 0.2) is 42.5 Å². The van der Waals surface area contributed by atoms with Crippen LogP contribution in [0.1, 0.15) is 43.5 Å². The number of hydrogen-bond donors (Lipinski definition) is 4. The minimum atomic E-state index is -1.09. The Kier molecular flexibility index (Phi) is 10.8. The molecule has 202 valence electrons. The largest absolute Gasteiger partial charge is 0.497 e. The van der Waals surface area contributed by atoms with E-state index in [2.05, 4.69) is 23.3 Å². The number of carbonyl (C=O) groups excluding carboxylic acids is 3. The SMILES string of the molecule is COc1ccc(NC(=O)C(c2c(C)cccc2C)N(CCO)C(=O)C(CS)NC(=O)OC(C)(C)C)cc1. The number of aliphatic hydroxyl groups is 1. The number of aliphatic hydroxyl groups excluding tert-OH is 1. The van der Waals surface area contributed by atoms with E-state index in [4.69, 9.17) is 9.47 Å². The zero-order chi connectivity index (χ0) is 27.8. The molecule has 0 radical (unpaired) electrons. The molecule has 0 fully saturated rings. The Hall–Kier alpha value is -3.24. The summed E-state index contributed by atoms with van der Waals surface area (Å²) in [7, 11) is 1.55. The standard InChI is InChI=1S/C27H37N3O6S/c1-17-8-7-9-18(2)22(17)23(24(32)28-19-10-12-20(35-6)13-11-19)30(14-15-31)25(33)21(16-37)29-26(34)36-27(3,4)5/h7-13,21,23,31,37H,14-16H2,1-6H3,(H,28,32)(H,29,34). The number of thiol groups is 1. The van der Waals surface area contributed by atoms with Crippen LogP contribution >= 0.6 is 12.6 Å². The van der Waals surface area contributed by atoms with Gasteiger partial charge in [0.25, 0.3) is 5.91 Å². The summed E-state index contributed by atoms with van der Waals surface area (Å²) in [4.78, 5) is 41.2. The summed E-state index contributed by atoms with van der Waals surface area (Å²) in [6, 6.07) is 10.2. The predicted molar refractivity (Wildman–Crippen MR) is 146 cm³/mol. The number of anilines is 1. The molecule has 9 nitrogen and oxygen atoms in total. The van der Waals surface area contributed by atoms with E-state index in [1.165, 1.54) is 4.90 Å². The highest BCUT2D eigenvalue weighted by molar-refractivity contribution is 7.80. The van der Waals surface area contributed by atoms with Gasteiger partial charge in [-0.25, -0.2) is 4.79 Å². The van der Waals surface area contributed by atoms with Crippen molar-refractivity contribution in [1.82, 2.24) is 10.2 Å². The van der Waals surface area contributed by atoms with E-state index in [0.29, 0.717) is 17.0 Å². The van der Waals surface area contributed by atoms with Crippen molar-refractivity contribution in [1.29, 1.82) is 0 Å². The van der Waals surface area contributed by atoms with Crippen molar-refractivity contribution in [3.05, 3.63) is 59.2 Å². The molecule has 3 N–H and O–H groups in total. The van der Waals surface area contributed by atoms with Gasteiger partial charge in [-0.05, 0) is 75.6 Å². The number of nitrogens with one attached hydrogen (secondary N) is 2. The molecule has 2 unspecified atom stereocenters. The summed E-state index contributed by atoms with van der Waals surface area (Å²) in [5.74, 6) is -0.460. The Labute approximate surface area is 223 Å². The second kappa shape index (κ2) is 13.3. The van der Waals surface area contributed by atoms with Gasteiger partial charge in [0, 0.05) is 18.0 Å². The van der Waals surface area contributed by atoms with Crippen molar-refractivity contribution in [2.45, 2.75) is 52.3 Å². The van der Waals surface area contributed by atoms with Crippen LogP contribution in [-0.4, -0.2) is 65.6 Å². The van der Waals surface area contributed by atoms with Crippen molar-refractivity contribution in [3.63, 3.8) is 0 Å². The Morgan fingerprint density at radius 3 is 2.14 bits per heavy atom. The van der Waals surface area contributed by atoms with Crippen LogP contribution < -0.4 is 15.4 Å². The summed E-state index contributed by atoms with van der Waals surface area (Å²) < 4.78 is 10.5. The molecule has 0 heterocycles.